The fourth-order valence-corrected chi connectivity index (χ4v) is 12.2. The van der Waals surface area contributed by atoms with Gasteiger partial charge < -0.3 is 18.9 Å². The van der Waals surface area contributed by atoms with Gasteiger partial charge in [0.1, 0.15) is 6.10 Å². The number of thioether (sulfide) groups is 2. The molecule has 9 atom stereocenters. The van der Waals surface area contributed by atoms with Gasteiger partial charge in [0.25, 0.3) is 0 Å². The average Bonchev–Trinajstić information content (AvgIpc) is 3.37. The zero-order valence-corrected chi connectivity index (χ0v) is 31.7. The molecule has 7 fully saturated rings. The summed E-state index contributed by atoms with van der Waals surface area (Å²) < 4.78 is 25.7. The summed E-state index contributed by atoms with van der Waals surface area (Å²) in [6.07, 6.45) is 12.4. The number of esters is 2. The standard InChI is InChI=1S/C41H52O8S2/c1-25-33-20-21-40(3)47-39-41(33,49-48-40)34(24-35(25)44-36(42)27-12-10-18-31(22-27)50-29-14-6-4-7-15-29)26(2)38(46-39)45-37(43)28-13-11-19-32(23-28)51-30-16-8-5-9-17-30/h10-13,18-19,22-23,25-26,29-30,33-35,38-39H,4-9,14-17,20-21,24H2,1-3H3/t25-,26+,33-,34-,35+,38+,39+,40-,41+/m0/s1. The van der Waals surface area contributed by atoms with E-state index in [4.69, 9.17) is 28.7 Å². The van der Waals surface area contributed by atoms with Crippen LogP contribution in [0.4, 0.5) is 0 Å². The molecule has 4 heterocycles. The smallest absolute Gasteiger partial charge is 0.340 e. The Hall–Kier alpha value is -2.08. The van der Waals surface area contributed by atoms with Crippen molar-refractivity contribution in [3.63, 3.8) is 0 Å². The molecule has 2 bridgehead atoms. The van der Waals surface area contributed by atoms with Gasteiger partial charge in [-0.2, -0.15) is 0 Å². The van der Waals surface area contributed by atoms with E-state index < -0.39 is 29.9 Å². The van der Waals surface area contributed by atoms with Crippen LogP contribution in [0, 0.1) is 23.7 Å². The van der Waals surface area contributed by atoms with Crippen molar-refractivity contribution in [3.05, 3.63) is 59.7 Å². The zero-order valence-electron chi connectivity index (χ0n) is 30.1. The summed E-state index contributed by atoms with van der Waals surface area (Å²) in [5.41, 5.74) is 0.162. The monoisotopic (exact) mass is 736 g/mol. The quantitative estimate of drug-likeness (QED) is 0.193. The third-order valence-corrected chi connectivity index (χ3v) is 15.2. The lowest BCUT2D eigenvalue weighted by Crippen LogP contribution is -2.72. The lowest BCUT2D eigenvalue weighted by molar-refractivity contribution is -0.577. The van der Waals surface area contributed by atoms with Crippen molar-refractivity contribution >= 4 is 35.5 Å². The van der Waals surface area contributed by atoms with Gasteiger partial charge in [0, 0.05) is 44.5 Å². The molecule has 3 saturated carbocycles. The summed E-state index contributed by atoms with van der Waals surface area (Å²) in [4.78, 5) is 42.1. The third-order valence-electron chi connectivity index (χ3n) is 12.5. The summed E-state index contributed by atoms with van der Waals surface area (Å²) in [5.74, 6) is -2.35. The van der Waals surface area contributed by atoms with Crippen molar-refractivity contribution in [2.45, 2.75) is 155 Å². The van der Waals surface area contributed by atoms with Crippen LogP contribution in [-0.4, -0.2) is 52.5 Å². The van der Waals surface area contributed by atoms with Crippen LogP contribution in [0.5, 0.6) is 0 Å². The minimum absolute atomic E-state index is 0.0422. The van der Waals surface area contributed by atoms with Crippen LogP contribution >= 0.6 is 23.5 Å². The van der Waals surface area contributed by atoms with E-state index in [1.54, 1.807) is 6.07 Å². The number of hydrogen-bond donors (Lipinski definition) is 0. The third kappa shape index (κ3) is 7.27. The second kappa shape index (κ2) is 15.0. The van der Waals surface area contributed by atoms with Gasteiger partial charge in [-0.3, -0.25) is 0 Å². The molecule has 51 heavy (non-hydrogen) atoms. The van der Waals surface area contributed by atoms with Crippen LogP contribution in [0.25, 0.3) is 0 Å². The van der Waals surface area contributed by atoms with Gasteiger partial charge in [0.15, 0.2) is 11.9 Å². The van der Waals surface area contributed by atoms with Gasteiger partial charge in [-0.1, -0.05) is 64.5 Å². The zero-order chi connectivity index (χ0) is 35.2. The fraction of sp³-hybridized carbons (Fsp3) is 0.659. The molecule has 4 saturated heterocycles. The van der Waals surface area contributed by atoms with Crippen molar-refractivity contribution in [1.29, 1.82) is 0 Å². The molecule has 9 rings (SSSR count). The maximum absolute atomic E-state index is 13.8. The summed E-state index contributed by atoms with van der Waals surface area (Å²) in [6, 6.07) is 15.6. The maximum atomic E-state index is 13.8. The number of carbonyl (C=O) groups is 2. The van der Waals surface area contributed by atoms with E-state index in [9.17, 15) is 9.59 Å². The number of rotatable bonds is 8. The van der Waals surface area contributed by atoms with Crippen LogP contribution in [-0.2, 0) is 28.7 Å². The maximum Gasteiger partial charge on any atom is 0.340 e. The van der Waals surface area contributed by atoms with E-state index in [0.717, 1.165) is 16.2 Å². The van der Waals surface area contributed by atoms with Gasteiger partial charge in [-0.15, -0.1) is 23.5 Å². The lowest BCUT2D eigenvalue weighted by Gasteiger charge is -2.60. The van der Waals surface area contributed by atoms with E-state index in [-0.39, 0.29) is 35.7 Å². The first-order chi connectivity index (χ1) is 24.7. The Morgan fingerprint density at radius 2 is 1.31 bits per heavy atom. The Labute approximate surface area is 310 Å². The highest BCUT2D eigenvalue weighted by Gasteiger charge is 2.71. The fourth-order valence-electron chi connectivity index (χ4n) is 9.62. The first-order valence-electron chi connectivity index (χ1n) is 19.4. The number of ether oxygens (including phenoxy) is 4. The average molecular weight is 737 g/mol. The Kier molecular flexibility index (Phi) is 10.6. The molecule has 2 aromatic rings. The van der Waals surface area contributed by atoms with Crippen molar-refractivity contribution in [2.24, 2.45) is 23.7 Å². The molecule has 1 spiro atoms. The molecular formula is C41H52O8S2. The van der Waals surface area contributed by atoms with Gasteiger partial charge in [0.2, 0.25) is 12.1 Å². The van der Waals surface area contributed by atoms with Crippen molar-refractivity contribution in [2.75, 3.05) is 0 Å². The van der Waals surface area contributed by atoms with Crippen molar-refractivity contribution in [1.82, 2.24) is 0 Å². The molecule has 2 aromatic carbocycles. The van der Waals surface area contributed by atoms with Crippen molar-refractivity contribution < 1.29 is 38.3 Å². The second-order valence-electron chi connectivity index (χ2n) is 16.0. The molecule has 10 heteroatoms. The number of fused-ring (bicyclic) bond motifs is 2. The number of benzene rings is 2. The van der Waals surface area contributed by atoms with E-state index in [2.05, 4.69) is 19.1 Å². The molecule has 276 valence electrons. The van der Waals surface area contributed by atoms with Crippen LogP contribution in [0.1, 0.15) is 125 Å². The van der Waals surface area contributed by atoms with Crippen LogP contribution in [0.3, 0.4) is 0 Å². The number of hydrogen-bond acceptors (Lipinski definition) is 10. The Morgan fingerprint density at radius 1 is 0.725 bits per heavy atom. The van der Waals surface area contributed by atoms with E-state index in [1.807, 2.05) is 67.7 Å². The van der Waals surface area contributed by atoms with Gasteiger partial charge in [-0.25, -0.2) is 19.4 Å². The van der Waals surface area contributed by atoms with Gasteiger partial charge in [-0.05, 0) is 87.8 Å². The van der Waals surface area contributed by atoms with Gasteiger partial charge >= 0.3 is 11.9 Å². The molecule has 4 aliphatic heterocycles. The Morgan fingerprint density at radius 3 is 1.92 bits per heavy atom. The van der Waals surface area contributed by atoms with Crippen LogP contribution in [0.2, 0.25) is 0 Å². The normalized spacial score (nSPS) is 36.9. The molecule has 7 aliphatic rings. The highest BCUT2D eigenvalue weighted by Crippen LogP contribution is 2.61. The molecule has 0 radical (unpaired) electrons. The summed E-state index contributed by atoms with van der Waals surface area (Å²) in [5, 5.41) is 1.19. The molecular weight excluding hydrogens is 685 g/mol. The molecule has 0 aromatic heterocycles. The first-order valence-corrected chi connectivity index (χ1v) is 21.1. The summed E-state index contributed by atoms with van der Waals surface area (Å²) in [6.45, 7) is 6.03. The highest BCUT2D eigenvalue weighted by molar-refractivity contribution is 8.00. The molecule has 0 N–H and O–H groups in total. The van der Waals surface area contributed by atoms with Crippen LogP contribution < -0.4 is 0 Å². The summed E-state index contributed by atoms with van der Waals surface area (Å²) in [7, 11) is 0. The SMILES string of the molecule is C[C@@H]1[C@H](OC(=O)c2cccc(SC3CCCCC3)c2)C[C@H]2[C@@H](C)[C@H](OC(=O)c3cccc(SC4CCCCC4)c3)O[C@@H]3O[C@]4(C)CC[C@@H]1[C@]32OO4. The Balaban J connectivity index is 1.00. The minimum atomic E-state index is -1.00. The molecule has 0 amide bonds. The van der Waals surface area contributed by atoms with E-state index in [0.29, 0.717) is 34.5 Å². The minimum Gasteiger partial charge on any atom is -0.458 e. The number of carbonyl (C=O) groups excluding carboxylic acids is 2. The predicted molar refractivity (Wildman–Crippen MR) is 195 cm³/mol. The second-order valence-corrected chi connectivity index (χ2v) is 18.7. The molecule has 3 aliphatic carbocycles. The molecule has 8 nitrogen and oxygen atoms in total. The highest BCUT2D eigenvalue weighted by atomic mass is 32.2. The predicted octanol–water partition coefficient (Wildman–Crippen LogP) is 9.74. The van der Waals surface area contributed by atoms with Crippen molar-refractivity contribution in [3.8, 4) is 0 Å². The van der Waals surface area contributed by atoms with E-state index >= 15 is 0 Å². The topological polar surface area (TPSA) is 89.5 Å². The lowest BCUT2D eigenvalue weighted by atomic mass is 9.57. The largest absolute Gasteiger partial charge is 0.458 e. The first kappa shape index (κ1) is 35.9. The van der Waals surface area contributed by atoms with E-state index in [1.165, 1.54) is 64.2 Å². The van der Waals surface area contributed by atoms with Gasteiger partial charge in [0.05, 0.1) is 11.1 Å². The Bertz CT molecular complexity index is 1570. The summed E-state index contributed by atoms with van der Waals surface area (Å²) >= 11 is 3.74. The molecule has 0 unspecified atom stereocenters. The van der Waals surface area contributed by atoms with Crippen LogP contribution in [0.15, 0.2) is 58.3 Å².